The maximum absolute atomic E-state index is 11.0. The van der Waals surface area contributed by atoms with E-state index in [0.717, 1.165) is 5.69 Å². The minimum atomic E-state index is -1.16. The van der Waals surface area contributed by atoms with E-state index in [2.05, 4.69) is 10.1 Å². The molecule has 7 heteroatoms. The summed E-state index contributed by atoms with van der Waals surface area (Å²) in [7, 11) is 3.24. The van der Waals surface area contributed by atoms with E-state index in [1.807, 2.05) is 0 Å². The number of carbonyl (C=O) groups is 1. The molecule has 7 nitrogen and oxygen atoms in total. The topological polar surface area (TPSA) is 90.4 Å². The van der Waals surface area contributed by atoms with E-state index in [1.165, 1.54) is 7.11 Å². The molecule has 2 rings (SSSR count). The molecule has 0 saturated heterocycles. The van der Waals surface area contributed by atoms with Crippen LogP contribution in [0.4, 0.5) is 0 Å². The van der Waals surface area contributed by atoms with Crippen molar-refractivity contribution < 1.29 is 19.1 Å². The Morgan fingerprint density at radius 2 is 2.33 bits per heavy atom. The monoisotopic (exact) mass is 251 g/mol. The molecule has 1 N–H and O–H groups in total. The number of carboxylic acids is 1. The standard InChI is InChI=1S/C11H13N3O4/c1-6-7(4-14(2)13-6)10-12-8(5-17-3)9(18-10)11(15)16/h4H,5H2,1-3H3,(H,15,16). The second-order valence-corrected chi connectivity index (χ2v) is 3.83. The minimum absolute atomic E-state index is 0.0877. The van der Waals surface area contributed by atoms with Crippen molar-refractivity contribution in [3.8, 4) is 11.5 Å². The van der Waals surface area contributed by atoms with Gasteiger partial charge in [-0.1, -0.05) is 0 Å². The highest BCUT2D eigenvalue weighted by atomic mass is 16.5. The summed E-state index contributed by atoms with van der Waals surface area (Å²) >= 11 is 0. The van der Waals surface area contributed by atoms with E-state index >= 15 is 0 Å². The highest BCUT2D eigenvalue weighted by Gasteiger charge is 2.22. The lowest BCUT2D eigenvalue weighted by Gasteiger charge is -1.92. The first-order chi connectivity index (χ1) is 8.52. The summed E-state index contributed by atoms with van der Waals surface area (Å²) in [5.41, 5.74) is 1.66. The predicted octanol–water partition coefficient (Wildman–Crippen LogP) is 1.23. The molecule has 0 radical (unpaired) electrons. The Hall–Kier alpha value is -2.15. The third-order valence-electron chi connectivity index (χ3n) is 2.42. The zero-order valence-electron chi connectivity index (χ0n) is 10.3. The van der Waals surface area contributed by atoms with Crippen molar-refractivity contribution in [1.29, 1.82) is 0 Å². The largest absolute Gasteiger partial charge is 0.475 e. The zero-order valence-corrected chi connectivity index (χ0v) is 10.3. The molecule has 18 heavy (non-hydrogen) atoms. The lowest BCUT2D eigenvalue weighted by molar-refractivity contribution is 0.0656. The van der Waals surface area contributed by atoms with E-state index < -0.39 is 5.97 Å². The molecule has 0 saturated carbocycles. The van der Waals surface area contributed by atoms with Crippen molar-refractivity contribution in [3.05, 3.63) is 23.3 Å². The number of aromatic carboxylic acids is 1. The SMILES string of the molecule is COCc1nc(-c2cn(C)nc2C)oc1C(=O)O. The fourth-order valence-electron chi connectivity index (χ4n) is 1.68. The first-order valence-corrected chi connectivity index (χ1v) is 5.25. The molecule has 2 heterocycles. The van der Waals surface area contributed by atoms with E-state index in [1.54, 1.807) is 24.9 Å². The maximum Gasteiger partial charge on any atom is 0.373 e. The molecular weight excluding hydrogens is 238 g/mol. The number of hydrogen-bond acceptors (Lipinski definition) is 5. The van der Waals surface area contributed by atoms with Crippen LogP contribution in [0.2, 0.25) is 0 Å². The third kappa shape index (κ3) is 2.12. The van der Waals surface area contributed by atoms with Crippen LogP contribution in [0.5, 0.6) is 0 Å². The summed E-state index contributed by atoms with van der Waals surface area (Å²) < 4.78 is 11.8. The van der Waals surface area contributed by atoms with Gasteiger partial charge in [-0.3, -0.25) is 4.68 Å². The summed E-state index contributed by atoms with van der Waals surface area (Å²) in [6.07, 6.45) is 1.73. The molecular formula is C11H13N3O4. The Morgan fingerprint density at radius 3 is 2.83 bits per heavy atom. The van der Waals surface area contributed by atoms with Gasteiger partial charge in [0.15, 0.2) is 0 Å². The molecule has 0 aliphatic rings. The van der Waals surface area contributed by atoms with Gasteiger partial charge in [0.25, 0.3) is 0 Å². The number of nitrogens with zero attached hydrogens (tertiary/aromatic N) is 3. The Bertz CT molecular complexity index is 585. The molecule has 96 valence electrons. The maximum atomic E-state index is 11.0. The first kappa shape index (κ1) is 12.3. The van der Waals surface area contributed by atoms with Crippen LogP contribution in [-0.4, -0.2) is 33.0 Å². The Balaban J connectivity index is 2.49. The van der Waals surface area contributed by atoms with Crippen molar-refractivity contribution in [1.82, 2.24) is 14.8 Å². The van der Waals surface area contributed by atoms with Gasteiger partial charge in [-0.15, -0.1) is 0 Å². The number of ether oxygens (including phenoxy) is 1. The van der Waals surface area contributed by atoms with Crippen LogP contribution < -0.4 is 0 Å². The van der Waals surface area contributed by atoms with Crippen LogP contribution >= 0.6 is 0 Å². The van der Waals surface area contributed by atoms with Crippen molar-refractivity contribution in [2.75, 3.05) is 7.11 Å². The van der Waals surface area contributed by atoms with Gasteiger partial charge in [-0.2, -0.15) is 5.10 Å². The second-order valence-electron chi connectivity index (χ2n) is 3.83. The van der Waals surface area contributed by atoms with Crippen molar-refractivity contribution >= 4 is 5.97 Å². The quantitative estimate of drug-likeness (QED) is 0.878. The second kappa shape index (κ2) is 4.61. The fourth-order valence-corrected chi connectivity index (χ4v) is 1.68. The van der Waals surface area contributed by atoms with Crippen LogP contribution in [0.3, 0.4) is 0 Å². The highest BCUT2D eigenvalue weighted by Crippen LogP contribution is 2.24. The van der Waals surface area contributed by atoms with Crippen molar-refractivity contribution in [3.63, 3.8) is 0 Å². The Labute approximate surface area is 103 Å². The molecule has 0 atom stereocenters. The van der Waals surface area contributed by atoms with Crippen LogP contribution in [-0.2, 0) is 18.4 Å². The lowest BCUT2D eigenvalue weighted by atomic mass is 10.3. The van der Waals surface area contributed by atoms with Gasteiger partial charge in [0.05, 0.1) is 17.9 Å². The number of rotatable bonds is 4. The molecule has 0 bridgehead atoms. The molecule has 2 aromatic heterocycles. The molecule has 0 aliphatic carbocycles. The Morgan fingerprint density at radius 1 is 1.61 bits per heavy atom. The van der Waals surface area contributed by atoms with E-state index in [4.69, 9.17) is 14.3 Å². The van der Waals surface area contributed by atoms with Gasteiger partial charge in [-0.05, 0) is 6.92 Å². The number of aromatic nitrogens is 3. The Kier molecular flexibility index (Phi) is 3.15. The van der Waals surface area contributed by atoms with E-state index in [-0.39, 0.29) is 24.0 Å². The van der Waals surface area contributed by atoms with Gasteiger partial charge in [0.2, 0.25) is 11.7 Å². The number of aryl methyl sites for hydroxylation is 2. The molecule has 0 aromatic carbocycles. The van der Waals surface area contributed by atoms with Crippen LogP contribution in [0.15, 0.2) is 10.6 Å². The fraction of sp³-hybridized carbons (Fsp3) is 0.364. The highest BCUT2D eigenvalue weighted by molar-refractivity contribution is 5.86. The normalized spacial score (nSPS) is 10.8. The summed E-state index contributed by atoms with van der Waals surface area (Å²) in [6.45, 7) is 1.89. The number of methoxy groups -OCH3 is 1. The molecule has 2 aromatic rings. The van der Waals surface area contributed by atoms with Crippen molar-refractivity contribution in [2.45, 2.75) is 13.5 Å². The summed E-state index contributed by atoms with van der Waals surface area (Å²) in [6, 6.07) is 0. The smallest absolute Gasteiger partial charge is 0.373 e. The average Bonchev–Trinajstić information content (AvgIpc) is 2.83. The van der Waals surface area contributed by atoms with E-state index in [0.29, 0.717) is 5.56 Å². The minimum Gasteiger partial charge on any atom is -0.475 e. The molecule has 0 amide bonds. The summed E-state index contributed by atoms with van der Waals surface area (Å²) in [5.74, 6) is -1.12. The van der Waals surface area contributed by atoms with Gasteiger partial charge in [-0.25, -0.2) is 9.78 Å². The van der Waals surface area contributed by atoms with Crippen molar-refractivity contribution in [2.24, 2.45) is 7.05 Å². The third-order valence-corrected chi connectivity index (χ3v) is 2.42. The number of oxazole rings is 1. The van der Waals surface area contributed by atoms with E-state index in [9.17, 15) is 4.79 Å². The number of carboxylic acid groups (broad SMARTS) is 1. The van der Waals surface area contributed by atoms with Crippen LogP contribution in [0.25, 0.3) is 11.5 Å². The number of hydrogen-bond donors (Lipinski definition) is 1. The summed E-state index contributed by atoms with van der Waals surface area (Å²) in [4.78, 5) is 15.2. The first-order valence-electron chi connectivity index (χ1n) is 5.25. The van der Waals surface area contributed by atoms with Gasteiger partial charge in [0, 0.05) is 20.4 Å². The summed E-state index contributed by atoms with van der Waals surface area (Å²) in [5, 5.41) is 13.2. The predicted molar refractivity (Wildman–Crippen MR) is 61.1 cm³/mol. The lowest BCUT2D eigenvalue weighted by Crippen LogP contribution is -2.00. The van der Waals surface area contributed by atoms with Crippen LogP contribution in [0.1, 0.15) is 21.9 Å². The molecule has 0 aliphatic heterocycles. The van der Waals surface area contributed by atoms with Gasteiger partial charge in [0.1, 0.15) is 5.69 Å². The average molecular weight is 251 g/mol. The van der Waals surface area contributed by atoms with Crippen LogP contribution in [0, 0.1) is 6.92 Å². The van der Waals surface area contributed by atoms with Gasteiger partial charge < -0.3 is 14.3 Å². The molecule has 0 fully saturated rings. The zero-order chi connectivity index (χ0) is 13.3. The molecule has 0 spiro atoms. The molecule has 0 unspecified atom stereocenters. The van der Waals surface area contributed by atoms with Gasteiger partial charge >= 0.3 is 5.97 Å².